The van der Waals surface area contributed by atoms with Crippen molar-refractivity contribution >= 4 is 0 Å². The first-order valence-electron chi connectivity index (χ1n) is 5.66. The standard InChI is InChI=1S/C12H23/c1-3-5-6-12-9-7-11(4-2)8-10-12/h11-12H,2-10H2,1H3. The van der Waals surface area contributed by atoms with E-state index in [1.165, 1.54) is 51.4 Å². The predicted octanol–water partition coefficient (Wildman–Crippen LogP) is 4.21. The Morgan fingerprint density at radius 1 is 1.08 bits per heavy atom. The molecular weight excluding hydrogens is 144 g/mol. The average molecular weight is 167 g/mol. The van der Waals surface area contributed by atoms with E-state index in [4.69, 9.17) is 0 Å². The maximum atomic E-state index is 4.00. The molecule has 0 atom stereocenters. The second-order valence-electron chi connectivity index (χ2n) is 4.32. The summed E-state index contributed by atoms with van der Waals surface area (Å²) in [6.07, 6.45) is 11.4. The Morgan fingerprint density at radius 2 is 1.67 bits per heavy atom. The van der Waals surface area contributed by atoms with Crippen LogP contribution in [0.3, 0.4) is 0 Å². The molecule has 0 aliphatic heterocycles. The summed E-state index contributed by atoms with van der Waals surface area (Å²) in [4.78, 5) is 0. The molecule has 1 fully saturated rings. The monoisotopic (exact) mass is 167 g/mol. The third-order valence-electron chi connectivity index (χ3n) is 3.34. The Morgan fingerprint density at radius 3 is 2.17 bits per heavy atom. The van der Waals surface area contributed by atoms with Gasteiger partial charge in [0.1, 0.15) is 0 Å². The van der Waals surface area contributed by atoms with E-state index in [9.17, 15) is 0 Å². The van der Waals surface area contributed by atoms with Crippen LogP contribution in [0.1, 0.15) is 58.3 Å². The highest BCUT2D eigenvalue weighted by Crippen LogP contribution is 2.32. The summed E-state index contributed by atoms with van der Waals surface area (Å²) >= 11 is 0. The summed E-state index contributed by atoms with van der Waals surface area (Å²) in [6, 6.07) is 0. The fourth-order valence-corrected chi connectivity index (χ4v) is 2.30. The number of hydrogen-bond donors (Lipinski definition) is 0. The van der Waals surface area contributed by atoms with Crippen molar-refractivity contribution < 1.29 is 0 Å². The zero-order valence-corrected chi connectivity index (χ0v) is 8.52. The number of unbranched alkanes of at least 4 members (excludes halogenated alkanes) is 1. The summed E-state index contributed by atoms with van der Waals surface area (Å²) in [7, 11) is 0. The lowest BCUT2D eigenvalue weighted by Gasteiger charge is -2.27. The van der Waals surface area contributed by atoms with Crippen LogP contribution in [-0.4, -0.2) is 0 Å². The SMILES string of the molecule is [CH2]CC1CCC(CCCC)CC1. The van der Waals surface area contributed by atoms with Gasteiger partial charge < -0.3 is 0 Å². The van der Waals surface area contributed by atoms with Gasteiger partial charge in [0.2, 0.25) is 0 Å². The largest absolute Gasteiger partial charge is 0.0654 e. The molecule has 1 aliphatic carbocycles. The Labute approximate surface area is 77.7 Å². The molecule has 1 saturated carbocycles. The van der Waals surface area contributed by atoms with Crippen LogP contribution in [0.15, 0.2) is 0 Å². The second-order valence-corrected chi connectivity index (χ2v) is 4.32. The van der Waals surface area contributed by atoms with Crippen molar-refractivity contribution in [2.24, 2.45) is 11.8 Å². The van der Waals surface area contributed by atoms with E-state index >= 15 is 0 Å². The van der Waals surface area contributed by atoms with Crippen molar-refractivity contribution in [3.05, 3.63) is 6.92 Å². The summed E-state index contributed by atoms with van der Waals surface area (Å²) < 4.78 is 0. The van der Waals surface area contributed by atoms with E-state index in [1.807, 2.05) is 0 Å². The van der Waals surface area contributed by atoms with Crippen LogP contribution in [-0.2, 0) is 0 Å². The van der Waals surface area contributed by atoms with Crippen molar-refractivity contribution in [2.45, 2.75) is 58.3 Å². The van der Waals surface area contributed by atoms with E-state index in [1.54, 1.807) is 0 Å². The van der Waals surface area contributed by atoms with Gasteiger partial charge in [-0.1, -0.05) is 65.2 Å². The van der Waals surface area contributed by atoms with E-state index in [0.29, 0.717) is 0 Å². The van der Waals surface area contributed by atoms with Gasteiger partial charge in [-0.25, -0.2) is 0 Å². The van der Waals surface area contributed by atoms with E-state index in [-0.39, 0.29) is 0 Å². The van der Waals surface area contributed by atoms with E-state index < -0.39 is 0 Å². The molecule has 0 aromatic rings. The zero-order valence-electron chi connectivity index (χ0n) is 8.52. The summed E-state index contributed by atoms with van der Waals surface area (Å²) in [5, 5.41) is 0. The molecule has 71 valence electrons. The minimum Gasteiger partial charge on any atom is -0.0654 e. The lowest BCUT2D eigenvalue weighted by Crippen LogP contribution is -2.13. The van der Waals surface area contributed by atoms with E-state index in [0.717, 1.165) is 11.8 Å². The van der Waals surface area contributed by atoms with Crippen LogP contribution >= 0.6 is 0 Å². The van der Waals surface area contributed by atoms with Gasteiger partial charge in [-0.05, 0) is 11.8 Å². The first-order chi connectivity index (χ1) is 5.86. The number of rotatable bonds is 4. The molecule has 0 heteroatoms. The molecule has 0 aromatic heterocycles. The molecule has 0 bridgehead atoms. The van der Waals surface area contributed by atoms with Crippen molar-refractivity contribution in [3.63, 3.8) is 0 Å². The third-order valence-corrected chi connectivity index (χ3v) is 3.34. The van der Waals surface area contributed by atoms with Gasteiger partial charge in [0.15, 0.2) is 0 Å². The van der Waals surface area contributed by atoms with Crippen molar-refractivity contribution in [1.82, 2.24) is 0 Å². The van der Waals surface area contributed by atoms with Gasteiger partial charge >= 0.3 is 0 Å². The van der Waals surface area contributed by atoms with Gasteiger partial charge in [-0.3, -0.25) is 0 Å². The Hall–Kier alpha value is 0. The molecular formula is C12H23. The molecule has 1 radical (unpaired) electrons. The molecule has 1 aliphatic rings. The van der Waals surface area contributed by atoms with Gasteiger partial charge in [-0.2, -0.15) is 0 Å². The van der Waals surface area contributed by atoms with Crippen LogP contribution in [0.2, 0.25) is 0 Å². The molecule has 1 rings (SSSR count). The molecule has 12 heavy (non-hydrogen) atoms. The maximum Gasteiger partial charge on any atom is -0.0414 e. The van der Waals surface area contributed by atoms with Gasteiger partial charge in [0.25, 0.3) is 0 Å². The summed E-state index contributed by atoms with van der Waals surface area (Å²) in [6.45, 7) is 6.29. The van der Waals surface area contributed by atoms with Gasteiger partial charge in [0.05, 0.1) is 0 Å². The molecule has 0 saturated heterocycles. The highest BCUT2D eigenvalue weighted by atomic mass is 14.2. The molecule has 0 unspecified atom stereocenters. The van der Waals surface area contributed by atoms with E-state index in [2.05, 4.69) is 13.8 Å². The van der Waals surface area contributed by atoms with Crippen LogP contribution in [0.25, 0.3) is 0 Å². The van der Waals surface area contributed by atoms with Crippen molar-refractivity contribution in [3.8, 4) is 0 Å². The van der Waals surface area contributed by atoms with Crippen molar-refractivity contribution in [2.75, 3.05) is 0 Å². The quantitative estimate of drug-likeness (QED) is 0.588. The van der Waals surface area contributed by atoms with Crippen LogP contribution in [0.5, 0.6) is 0 Å². The lowest BCUT2D eigenvalue weighted by molar-refractivity contribution is 0.260. The number of hydrogen-bond acceptors (Lipinski definition) is 0. The predicted molar refractivity (Wildman–Crippen MR) is 54.9 cm³/mol. The van der Waals surface area contributed by atoms with Crippen LogP contribution < -0.4 is 0 Å². The zero-order chi connectivity index (χ0) is 8.81. The molecule has 0 nitrogen and oxygen atoms in total. The fraction of sp³-hybridized carbons (Fsp3) is 0.917. The Kier molecular flexibility index (Phi) is 4.72. The molecule has 0 N–H and O–H groups in total. The Bertz CT molecular complexity index is 98.6. The first kappa shape index (κ1) is 10.1. The molecule has 0 aromatic carbocycles. The minimum absolute atomic E-state index is 0.961. The molecule has 0 heterocycles. The third kappa shape index (κ3) is 3.16. The second kappa shape index (κ2) is 5.61. The summed E-state index contributed by atoms with van der Waals surface area (Å²) in [5.41, 5.74) is 0. The highest BCUT2D eigenvalue weighted by Gasteiger charge is 2.18. The Balaban J connectivity index is 2.09. The topological polar surface area (TPSA) is 0 Å². The first-order valence-corrected chi connectivity index (χ1v) is 5.66. The van der Waals surface area contributed by atoms with Crippen LogP contribution in [0, 0.1) is 18.8 Å². The molecule has 0 amide bonds. The minimum atomic E-state index is 0.961. The summed E-state index contributed by atoms with van der Waals surface area (Å²) in [5.74, 6) is 2.02. The molecule has 0 spiro atoms. The maximum absolute atomic E-state index is 4.00. The normalized spacial score (nSPS) is 30.5. The average Bonchev–Trinajstić information content (AvgIpc) is 2.15. The van der Waals surface area contributed by atoms with Crippen molar-refractivity contribution in [1.29, 1.82) is 0 Å². The lowest BCUT2D eigenvalue weighted by atomic mass is 9.79. The van der Waals surface area contributed by atoms with Gasteiger partial charge in [0, 0.05) is 0 Å². The van der Waals surface area contributed by atoms with Crippen LogP contribution in [0.4, 0.5) is 0 Å². The fourth-order valence-electron chi connectivity index (χ4n) is 2.30. The highest BCUT2D eigenvalue weighted by molar-refractivity contribution is 4.72. The van der Waals surface area contributed by atoms with Gasteiger partial charge in [-0.15, -0.1) is 0 Å². The smallest absolute Gasteiger partial charge is 0.0414 e.